The Morgan fingerprint density at radius 3 is 2.90 bits per heavy atom. The van der Waals surface area contributed by atoms with Crippen LogP contribution in [0.2, 0.25) is 0 Å². The van der Waals surface area contributed by atoms with Crippen molar-refractivity contribution in [2.75, 3.05) is 20.6 Å². The topological polar surface area (TPSA) is 58.4 Å². The molecule has 0 unspecified atom stereocenters. The zero-order valence-corrected chi connectivity index (χ0v) is 11.8. The number of likely N-dealkylation sites (N-methyl/N-ethyl adjacent to an activating group) is 1. The largest absolute Gasteiger partial charge is 0.478 e. The molecule has 1 aromatic carbocycles. The van der Waals surface area contributed by atoms with Crippen molar-refractivity contribution in [3.8, 4) is 0 Å². The first-order valence-corrected chi connectivity index (χ1v) is 6.53. The van der Waals surface area contributed by atoms with Crippen LogP contribution in [0.25, 0.3) is 0 Å². The molecule has 0 aliphatic rings. The molecule has 5 heteroatoms. The van der Waals surface area contributed by atoms with Gasteiger partial charge in [0.1, 0.15) is 5.82 Å². The third-order valence-electron chi connectivity index (χ3n) is 3.11. The predicted octanol–water partition coefficient (Wildman–Crippen LogP) is 1.73. The van der Waals surface area contributed by atoms with Gasteiger partial charge in [-0.05, 0) is 31.8 Å². The molecule has 0 bridgehead atoms. The Hall–Kier alpha value is -2.14. The molecule has 0 aliphatic carbocycles. The lowest BCUT2D eigenvalue weighted by Gasteiger charge is -2.11. The van der Waals surface area contributed by atoms with Crippen LogP contribution in [0, 0.1) is 0 Å². The second kappa shape index (κ2) is 6.34. The van der Waals surface area contributed by atoms with E-state index >= 15 is 0 Å². The number of carbonyl (C=O) groups is 1. The van der Waals surface area contributed by atoms with E-state index in [0.717, 1.165) is 24.4 Å². The first kappa shape index (κ1) is 14.3. The second-order valence-corrected chi connectivity index (χ2v) is 5.03. The van der Waals surface area contributed by atoms with Gasteiger partial charge in [0, 0.05) is 31.9 Å². The molecule has 2 aromatic rings. The number of imidazole rings is 1. The highest BCUT2D eigenvalue weighted by Crippen LogP contribution is 2.09. The van der Waals surface area contributed by atoms with Crippen LogP contribution >= 0.6 is 0 Å². The maximum atomic E-state index is 11.0. The lowest BCUT2D eigenvalue weighted by atomic mass is 10.1. The number of benzene rings is 1. The summed E-state index contributed by atoms with van der Waals surface area (Å²) in [7, 11) is 4.06. The van der Waals surface area contributed by atoms with E-state index in [9.17, 15) is 4.79 Å². The quantitative estimate of drug-likeness (QED) is 0.871. The normalized spacial score (nSPS) is 10.9. The van der Waals surface area contributed by atoms with Crippen LogP contribution in [0.1, 0.15) is 21.7 Å². The van der Waals surface area contributed by atoms with E-state index in [-0.39, 0.29) is 0 Å². The van der Waals surface area contributed by atoms with E-state index in [4.69, 9.17) is 5.11 Å². The molecule has 1 aromatic heterocycles. The number of carboxylic acids is 1. The third-order valence-corrected chi connectivity index (χ3v) is 3.11. The molecule has 20 heavy (non-hydrogen) atoms. The number of hydrogen-bond acceptors (Lipinski definition) is 3. The molecule has 1 N–H and O–H groups in total. The van der Waals surface area contributed by atoms with Crippen molar-refractivity contribution in [2.45, 2.75) is 13.0 Å². The summed E-state index contributed by atoms with van der Waals surface area (Å²) in [4.78, 5) is 17.5. The average Bonchev–Trinajstić information content (AvgIpc) is 2.84. The Morgan fingerprint density at radius 2 is 2.20 bits per heavy atom. The minimum absolute atomic E-state index is 0.317. The summed E-state index contributed by atoms with van der Waals surface area (Å²) in [6.07, 6.45) is 4.59. The maximum Gasteiger partial charge on any atom is 0.335 e. The van der Waals surface area contributed by atoms with Crippen LogP contribution in [0.15, 0.2) is 36.7 Å². The van der Waals surface area contributed by atoms with Crippen LogP contribution in [0.5, 0.6) is 0 Å². The van der Waals surface area contributed by atoms with Gasteiger partial charge >= 0.3 is 5.97 Å². The van der Waals surface area contributed by atoms with Gasteiger partial charge in [-0.15, -0.1) is 0 Å². The van der Waals surface area contributed by atoms with E-state index in [1.807, 2.05) is 26.4 Å². The lowest BCUT2D eigenvalue weighted by molar-refractivity contribution is 0.0696. The van der Waals surface area contributed by atoms with E-state index in [1.54, 1.807) is 24.4 Å². The van der Waals surface area contributed by atoms with Gasteiger partial charge in [0.25, 0.3) is 0 Å². The molecule has 0 saturated carbocycles. The van der Waals surface area contributed by atoms with E-state index < -0.39 is 5.97 Å². The van der Waals surface area contributed by atoms with Crippen LogP contribution in [0.4, 0.5) is 0 Å². The lowest BCUT2D eigenvalue weighted by Crippen LogP contribution is -2.17. The van der Waals surface area contributed by atoms with Gasteiger partial charge in [0.05, 0.1) is 5.56 Å². The van der Waals surface area contributed by atoms with Gasteiger partial charge in [0.2, 0.25) is 0 Å². The molecule has 0 spiro atoms. The van der Waals surface area contributed by atoms with E-state index in [0.29, 0.717) is 12.1 Å². The van der Waals surface area contributed by atoms with Gasteiger partial charge in [-0.3, -0.25) is 0 Å². The molecule has 0 fully saturated rings. The number of aromatic nitrogens is 2. The Labute approximate surface area is 118 Å². The monoisotopic (exact) mass is 273 g/mol. The maximum absolute atomic E-state index is 11.0. The number of rotatable bonds is 6. The number of carboxylic acid groups (broad SMARTS) is 1. The summed E-state index contributed by atoms with van der Waals surface area (Å²) in [5.74, 6) is 0.116. The molecule has 106 valence electrons. The van der Waals surface area contributed by atoms with Crippen molar-refractivity contribution >= 4 is 5.97 Å². The summed E-state index contributed by atoms with van der Waals surface area (Å²) < 4.78 is 2.06. The first-order chi connectivity index (χ1) is 9.56. The predicted molar refractivity (Wildman–Crippen MR) is 77.0 cm³/mol. The molecule has 5 nitrogen and oxygen atoms in total. The number of aromatic carboxylic acids is 1. The number of nitrogens with zero attached hydrogens (tertiary/aromatic N) is 3. The van der Waals surface area contributed by atoms with Crippen LogP contribution in [-0.4, -0.2) is 46.2 Å². The highest BCUT2D eigenvalue weighted by molar-refractivity contribution is 5.87. The van der Waals surface area contributed by atoms with E-state index in [2.05, 4.69) is 14.5 Å². The first-order valence-electron chi connectivity index (χ1n) is 6.53. The second-order valence-electron chi connectivity index (χ2n) is 5.03. The number of hydrogen-bond donors (Lipinski definition) is 1. The molecule has 0 radical (unpaired) electrons. The molecule has 0 amide bonds. The summed E-state index contributed by atoms with van der Waals surface area (Å²) in [5.41, 5.74) is 1.28. The standard InChI is InChI=1S/C15H19N3O2/c1-17(2)8-6-14-16-7-9-18(14)11-12-4-3-5-13(10-12)15(19)20/h3-5,7,9-10H,6,8,11H2,1-2H3,(H,19,20). The van der Waals surface area contributed by atoms with Crippen molar-refractivity contribution < 1.29 is 9.90 Å². The van der Waals surface area contributed by atoms with Crippen LogP contribution in [-0.2, 0) is 13.0 Å². The summed E-state index contributed by atoms with van der Waals surface area (Å²) in [6.45, 7) is 1.58. The molecular formula is C15H19N3O2. The summed E-state index contributed by atoms with van der Waals surface area (Å²) in [6, 6.07) is 7.02. The fourth-order valence-corrected chi connectivity index (χ4v) is 2.04. The molecule has 0 aliphatic heterocycles. The Morgan fingerprint density at radius 1 is 1.40 bits per heavy atom. The average molecular weight is 273 g/mol. The molecule has 1 heterocycles. The molecule has 0 atom stereocenters. The zero-order valence-electron chi connectivity index (χ0n) is 11.8. The molecule has 0 saturated heterocycles. The van der Waals surface area contributed by atoms with Crippen molar-refractivity contribution in [3.05, 3.63) is 53.6 Å². The Balaban J connectivity index is 2.12. The SMILES string of the molecule is CN(C)CCc1nccn1Cc1cccc(C(=O)O)c1. The van der Waals surface area contributed by atoms with Crippen LogP contribution in [0.3, 0.4) is 0 Å². The van der Waals surface area contributed by atoms with Crippen molar-refractivity contribution in [2.24, 2.45) is 0 Å². The minimum Gasteiger partial charge on any atom is -0.478 e. The van der Waals surface area contributed by atoms with Crippen molar-refractivity contribution in [3.63, 3.8) is 0 Å². The third kappa shape index (κ3) is 3.68. The summed E-state index contributed by atoms with van der Waals surface area (Å²) in [5, 5.41) is 9.01. The van der Waals surface area contributed by atoms with Gasteiger partial charge in [-0.2, -0.15) is 0 Å². The van der Waals surface area contributed by atoms with Crippen molar-refractivity contribution in [1.82, 2.24) is 14.5 Å². The van der Waals surface area contributed by atoms with Gasteiger partial charge < -0.3 is 14.6 Å². The highest BCUT2D eigenvalue weighted by atomic mass is 16.4. The van der Waals surface area contributed by atoms with Gasteiger partial charge in [0.15, 0.2) is 0 Å². The molecular weight excluding hydrogens is 254 g/mol. The zero-order chi connectivity index (χ0) is 14.5. The highest BCUT2D eigenvalue weighted by Gasteiger charge is 2.07. The van der Waals surface area contributed by atoms with E-state index in [1.165, 1.54) is 0 Å². The van der Waals surface area contributed by atoms with Gasteiger partial charge in [-0.1, -0.05) is 12.1 Å². The van der Waals surface area contributed by atoms with Crippen LogP contribution < -0.4 is 0 Å². The van der Waals surface area contributed by atoms with Crippen molar-refractivity contribution in [1.29, 1.82) is 0 Å². The minimum atomic E-state index is -0.898. The van der Waals surface area contributed by atoms with Gasteiger partial charge in [-0.25, -0.2) is 9.78 Å². The summed E-state index contributed by atoms with van der Waals surface area (Å²) >= 11 is 0. The Kier molecular flexibility index (Phi) is 4.53. The smallest absolute Gasteiger partial charge is 0.335 e. The fraction of sp³-hybridized carbons (Fsp3) is 0.333. The fourth-order valence-electron chi connectivity index (χ4n) is 2.04. The molecule has 2 rings (SSSR count). The Bertz CT molecular complexity index is 590.